The second kappa shape index (κ2) is 28.0. The first-order chi connectivity index (χ1) is 40.2. The summed E-state index contributed by atoms with van der Waals surface area (Å²) in [5.41, 5.74) is 5.56. The van der Waals surface area contributed by atoms with Crippen molar-refractivity contribution in [3.63, 3.8) is 0 Å². The highest BCUT2D eigenvalue weighted by Gasteiger charge is 2.49. The lowest BCUT2D eigenvalue weighted by Gasteiger charge is -2.51. The van der Waals surface area contributed by atoms with Gasteiger partial charge in [-0.3, -0.25) is 0 Å². The molecule has 3 aromatic heterocycles. The minimum absolute atomic E-state index is 0. The van der Waals surface area contributed by atoms with Crippen LogP contribution < -0.4 is 46.1 Å². The first-order valence-corrected chi connectivity index (χ1v) is 28.5. The summed E-state index contributed by atoms with van der Waals surface area (Å²) in [6, 6.07) is 26.2. The van der Waals surface area contributed by atoms with E-state index in [2.05, 4.69) is 114 Å². The second-order valence-electron chi connectivity index (χ2n) is 23.2. The summed E-state index contributed by atoms with van der Waals surface area (Å²) in [6.07, 6.45) is 9.49. The highest BCUT2D eigenvalue weighted by atomic mass is 16.5. The van der Waals surface area contributed by atoms with E-state index in [1.54, 1.807) is 32.5 Å². The fourth-order valence-corrected chi connectivity index (χ4v) is 10.2. The van der Waals surface area contributed by atoms with Crippen molar-refractivity contribution in [3.8, 4) is 41.2 Å². The van der Waals surface area contributed by atoms with Crippen LogP contribution >= 0.6 is 0 Å². The van der Waals surface area contributed by atoms with E-state index in [-0.39, 0.29) is 50.6 Å². The molecule has 0 aliphatic heterocycles. The van der Waals surface area contributed by atoms with Gasteiger partial charge >= 0.3 is 0 Å². The number of ether oxygens (including phenoxy) is 3. The smallest absolute Gasteiger partial charge is 0.224 e. The van der Waals surface area contributed by atoms with Gasteiger partial charge in [0.15, 0.2) is 11.5 Å². The third kappa shape index (κ3) is 15.1. The quantitative estimate of drug-likeness (QED) is 0.0305. The van der Waals surface area contributed by atoms with Crippen LogP contribution in [0.5, 0.6) is 23.0 Å². The van der Waals surface area contributed by atoms with Crippen LogP contribution in [-0.2, 0) is 25.7 Å². The van der Waals surface area contributed by atoms with Gasteiger partial charge < -0.3 is 61.4 Å². The fourth-order valence-electron chi connectivity index (χ4n) is 10.2. The van der Waals surface area contributed by atoms with Gasteiger partial charge in [-0.25, -0.2) is 15.0 Å². The van der Waals surface area contributed by atoms with Gasteiger partial charge in [-0.2, -0.15) is 30.7 Å². The Labute approximate surface area is 498 Å². The molecule has 3 aliphatic carbocycles. The molecule has 21 heteroatoms. The molecular weight excluding hydrogens is 1060 g/mol. The first-order valence-electron chi connectivity index (χ1n) is 28.5. The molecule has 0 unspecified atom stereocenters. The molecule has 6 atom stereocenters. The zero-order chi connectivity index (χ0) is 60.8. The Kier molecular flexibility index (Phi) is 21.0. The Morgan fingerprint density at radius 3 is 1.40 bits per heavy atom. The average molecular weight is 1150 g/mol. The number of hydrogen-bond acceptors (Lipinski definition) is 21. The van der Waals surface area contributed by atoms with Crippen LogP contribution in [0, 0.1) is 56.2 Å². The van der Waals surface area contributed by atoms with Gasteiger partial charge in [-0.1, -0.05) is 85.7 Å². The maximum Gasteiger partial charge on any atom is 0.224 e. The lowest BCUT2D eigenvalue weighted by atomic mass is 9.59. The minimum Gasteiger partial charge on any atom is -0.504 e. The summed E-state index contributed by atoms with van der Waals surface area (Å²) in [5.74, 6) is 5.99. The van der Waals surface area contributed by atoms with Crippen LogP contribution in [0.25, 0.3) is 0 Å². The number of nitriles is 3. The van der Waals surface area contributed by atoms with Gasteiger partial charge in [0.1, 0.15) is 63.9 Å². The van der Waals surface area contributed by atoms with Crippen LogP contribution in [0.4, 0.5) is 35.3 Å². The van der Waals surface area contributed by atoms with Crippen LogP contribution in [-0.4, -0.2) is 117 Å². The van der Waals surface area contributed by atoms with Gasteiger partial charge in [-0.05, 0) is 109 Å². The zero-order valence-electron chi connectivity index (χ0n) is 50.1. The Hall–Kier alpha value is -8.71. The number of nitrogens with zero attached hydrogens (tertiary/aromatic N) is 9. The van der Waals surface area contributed by atoms with Crippen molar-refractivity contribution in [2.75, 3.05) is 72.9 Å². The molecule has 3 aromatic carbocycles. The van der Waals surface area contributed by atoms with Gasteiger partial charge in [0.05, 0.1) is 52.1 Å². The molecule has 3 saturated carbocycles. The molecule has 0 spiro atoms. The van der Waals surface area contributed by atoms with Crippen LogP contribution in [0.2, 0.25) is 0 Å². The summed E-state index contributed by atoms with van der Waals surface area (Å²) in [7, 11) is 4.87. The summed E-state index contributed by atoms with van der Waals surface area (Å²) < 4.78 is 15.8. The third-order valence-corrected chi connectivity index (χ3v) is 17.1. The molecule has 0 saturated heterocycles. The number of aliphatic hydroxyl groups is 2. The van der Waals surface area contributed by atoms with E-state index in [0.717, 1.165) is 42.7 Å². The van der Waals surface area contributed by atoms with Gasteiger partial charge in [-0.15, -0.1) is 0 Å². The largest absolute Gasteiger partial charge is 0.504 e. The average Bonchev–Trinajstić information content (AvgIpc) is 1.73. The van der Waals surface area contributed by atoms with Crippen LogP contribution in [0.15, 0.2) is 79.3 Å². The number of benzene rings is 3. The number of hydrogen-bond donors (Lipinski definition) is 9. The summed E-state index contributed by atoms with van der Waals surface area (Å²) in [5, 5.41) is 77.3. The molecule has 9 N–H and O–H groups in total. The maximum absolute atomic E-state index is 9.95. The van der Waals surface area contributed by atoms with Crippen LogP contribution in [0.1, 0.15) is 118 Å². The summed E-state index contributed by atoms with van der Waals surface area (Å²) >= 11 is 0. The van der Waals surface area contributed by atoms with Crippen molar-refractivity contribution >= 4 is 35.3 Å². The number of methoxy groups -OCH3 is 3. The number of anilines is 6. The predicted octanol–water partition coefficient (Wildman–Crippen LogP) is 10.0. The van der Waals surface area contributed by atoms with E-state index in [4.69, 9.17) is 14.2 Å². The molecule has 450 valence electrons. The Balaban J connectivity index is 0.000000275. The molecular formula is C63H87N15O6. The van der Waals surface area contributed by atoms with Crippen molar-refractivity contribution in [1.29, 1.82) is 15.8 Å². The highest BCUT2D eigenvalue weighted by molar-refractivity contribution is 5.57. The number of phenolic OH excluding ortho intramolecular Hbond substituents is 1. The van der Waals surface area contributed by atoms with E-state index in [1.165, 1.54) is 36.2 Å². The fraction of sp³-hybridized carbons (Fsp3) is 0.476. The van der Waals surface area contributed by atoms with Crippen molar-refractivity contribution in [1.82, 2.24) is 29.9 Å². The Bertz CT molecular complexity index is 3340. The van der Waals surface area contributed by atoms with Gasteiger partial charge in [0.2, 0.25) is 17.8 Å². The number of aromatic hydroxyl groups is 1. The number of nitrogens with one attached hydrogen (secondary N) is 6. The summed E-state index contributed by atoms with van der Waals surface area (Å²) in [6.45, 7) is 18.8. The van der Waals surface area contributed by atoms with Crippen molar-refractivity contribution < 1.29 is 33.8 Å². The van der Waals surface area contributed by atoms with Crippen molar-refractivity contribution in [2.45, 2.75) is 131 Å². The predicted molar refractivity (Wildman–Crippen MR) is 332 cm³/mol. The first kappa shape index (κ1) is 62.9. The molecule has 21 nitrogen and oxygen atoms in total. The highest BCUT2D eigenvalue weighted by Crippen LogP contribution is 2.47. The maximum atomic E-state index is 9.95. The molecule has 3 heterocycles. The topological polar surface area (TPSA) is 309 Å². The van der Waals surface area contributed by atoms with Crippen molar-refractivity contribution in [3.05, 3.63) is 118 Å². The summed E-state index contributed by atoms with van der Waals surface area (Å²) in [4.78, 5) is 26.2. The lowest BCUT2D eigenvalue weighted by molar-refractivity contribution is -0.0512. The molecule has 6 aromatic rings. The molecule has 0 amide bonds. The number of aliphatic hydroxyl groups excluding tert-OH is 2. The van der Waals surface area contributed by atoms with E-state index in [0.29, 0.717) is 109 Å². The number of aromatic nitrogens is 6. The van der Waals surface area contributed by atoms with Gasteiger partial charge in [0.25, 0.3) is 0 Å². The SMILES string of the molecule is CCc1c(CCNc2ncc(C#N)c(N[C@@H]3C[C@H](O)C3(C)C)n2)cccc1OC.COc1cc(CCNc2ncc(C#N)c(N[C@@H]3C[C@H](O)C3(C)C)n2)ccc1O.COc1ccc(CCNc2ncc(C#N)c(N[C@@H]3C[C@H](C)C3(C)C)n2)cc1.[HH].[HH].[HH]. The molecule has 9 rings (SSSR count). The monoisotopic (exact) mass is 1150 g/mol. The minimum atomic E-state index is -0.364. The molecule has 0 bridgehead atoms. The van der Waals surface area contributed by atoms with Crippen molar-refractivity contribution in [2.24, 2.45) is 22.2 Å². The molecule has 3 fully saturated rings. The normalized spacial score (nSPS) is 20.0. The van der Waals surface area contributed by atoms with E-state index >= 15 is 0 Å². The Morgan fingerprint density at radius 1 is 0.571 bits per heavy atom. The molecule has 0 radical (unpaired) electrons. The van der Waals surface area contributed by atoms with E-state index < -0.39 is 0 Å². The van der Waals surface area contributed by atoms with E-state index in [1.807, 2.05) is 70.2 Å². The molecule has 3 aliphatic rings. The Morgan fingerprint density at radius 2 is 1.01 bits per heavy atom. The number of rotatable bonds is 22. The second-order valence-corrected chi connectivity index (χ2v) is 23.2. The van der Waals surface area contributed by atoms with Gasteiger partial charge in [0, 0.05) is 52.9 Å². The number of phenols is 1. The zero-order valence-corrected chi connectivity index (χ0v) is 50.1. The third-order valence-electron chi connectivity index (χ3n) is 17.1. The lowest BCUT2D eigenvalue weighted by Crippen LogP contribution is -2.57. The van der Waals surface area contributed by atoms with Crippen LogP contribution in [0.3, 0.4) is 0 Å². The van der Waals surface area contributed by atoms with E-state index in [9.17, 15) is 31.1 Å². The standard InChI is InChI=1S/C22H29N5O2.C21H27N5O.C20H25N5O3.3H2/c1-5-16-14(7-6-8-17(16)29-4)9-10-24-21-25-13-15(12-23)20(27-21)26-18-11-19(28)22(18,2)3;1-14-11-18(21(14,2)3)25-19-16(12-22)13-24-20(26-19)23-10-9-15-5-7-17(27-4)8-6-15;1-20(2)16(9-17(20)27)24-18-13(10-21)11-23-19(25-18)22-7-6-12-4-5-14(26)15(8-12)28-3;;;/h6-8,13,18-19,28H,5,9-11H2,1-4H3,(H2,24,25,26,27);5-8,13-14,18H,9-11H2,1-4H3,(H2,23,24,25,26);4-5,8,11,16-17,26-27H,6-7,9H2,1-3H3,(H2,22,23,24,25);3*1H/t18-,19+;14-,18+;16-,17+;;;/m101.../s1. The molecule has 84 heavy (non-hydrogen) atoms.